The van der Waals surface area contributed by atoms with Crippen LogP contribution in [0.3, 0.4) is 0 Å². The Bertz CT molecular complexity index is 1260. The number of aliphatic carboxylic acids is 4. The molecule has 20 heteroatoms. The lowest BCUT2D eigenvalue weighted by molar-refractivity contribution is -0.142. The monoisotopic (exact) mass is 828 g/mol. The predicted octanol–water partition coefficient (Wildman–Crippen LogP) is -0.529. The lowest BCUT2D eigenvalue weighted by Crippen LogP contribution is -2.48. The smallest absolute Gasteiger partial charge is 0.326 e. The van der Waals surface area contributed by atoms with Gasteiger partial charge in [-0.2, -0.15) is 0 Å². The van der Waals surface area contributed by atoms with Crippen LogP contribution in [-0.2, 0) is 38.4 Å². The number of unbranched alkanes of at least 4 members (excludes halogenated alkanes) is 5. The summed E-state index contributed by atoms with van der Waals surface area (Å²) >= 11 is 0. The van der Waals surface area contributed by atoms with Crippen molar-refractivity contribution in [1.29, 1.82) is 0 Å². The summed E-state index contributed by atoms with van der Waals surface area (Å²) in [5.41, 5.74) is 0. The molecule has 1 rings (SSSR count). The van der Waals surface area contributed by atoms with Gasteiger partial charge in [-0.3, -0.25) is 48.3 Å². The van der Waals surface area contributed by atoms with Gasteiger partial charge < -0.3 is 46.6 Å². The number of carbonyl (C=O) groups is 8. The van der Waals surface area contributed by atoms with Crippen LogP contribution in [0.1, 0.15) is 90.4 Å². The minimum Gasteiger partial charge on any atom is -0.480 e. The van der Waals surface area contributed by atoms with Gasteiger partial charge >= 0.3 is 23.9 Å². The number of nitrogens with zero attached hydrogens (tertiary/aromatic N) is 4. The molecule has 4 amide bonds. The number of carbonyl (C=O) groups excluding carboxylic acids is 4. The maximum Gasteiger partial charge on any atom is 0.326 e. The lowest BCUT2D eigenvalue weighted by atomic mass is 10.1. The second kappa shape index (κ2) is 31.6. The predicted molar refractivity (Wildman–Crippen MR) is 213 cm³/mol. The average molecular weight is 829 g/mol. The first-order chi connectivity index (χ1) is 27.7. The van der Waals surface area contributed by atoms with Crippen LogP contribution in [0.25, 0.3) is 0 Å². The van der Waals surface area contributed by atoms with Crippen LogP contribution >= 0.6 is 0 Å². The highest BCUT2D eigenvalue weighted by molar-refractivity contribution is 5.87. The van der Waals surface area contributed by atoms with Gasteiger partial charge in [-0.25, -0.2) is 4.79 Å². The van der Waals surface area contributed by atoms with Crippen LogP contribution in [0.4, 0.5) is 0 Å². The van der Waals surface area contributed by atoms with Crippen molar-refractivity contribution >= 4 is 47.5 Å². The molecule has 1 aliphatic heterocycles. The normalized spacial score (nSPS) is 15.6. The van der Waals surface area contributed by atoms with Crippen molar-refractivity contribution in [3.63, 3.8) is 0 Å². The summed E-state index contributed by atoms with van der Waals surface area (Å²) in [6.07, 6.45) is 7.62. The first-order valence-electron chi connectivity index (χ1n) is 20.6. The van der Waals surface area contributed by atoms with Gasteiger partial charge in [-0.15, -0.1) is 0 Å². The molecule has 1 unspecified atom stereocenters. The fourth-order valence-corrected chi connectivity index (χ4v) is 6.29. The Labute approximate surface area is 341 Å². The van der Waals surface area contributed by atoms with Crippen molar-refractivity contribution in [3.8, 4) is 0 Å². The summed E-state index contributed by atoms with van der Waals surface area (Å²) in [6.45, 7) is 5.11. The van der Waals surface area contributed by atoms with Crippen molar-refractivity contribution in [3.05, 3.63) is 0 Å². The van der Waals surface area contributed by atoms with E-state index < -0.39 is 48.3 Å². The van der Waals surface area contributed by atoms with E-state index in [4.69, 9.17) is 0 Å². The van der Waals surface area contributed by atoms with Crippen molar-refractivity contribution in [1.82, 2.24) is 40.9 Å². The molecular formula is C38H68N8O12. The van der Waals surface area contributed by atoms with Crippen molar-refractivity contribution in [2.24, 2.45) is 0 Å². The number of carboxylic acids is 4. The third kappa shape index (κ3) is 28.1. The summed E-state index contributed by atoms with van der Waals surface area (Å²) in [6, 6.07) is -1.16. The van der Waals surface area contributed by atoms with Gasteiger partial charge in [-0.05, 0) is 51.5 Å². The standard InChI is InChI=1S/C38H68N8O12/c1-2-3-15-39-31(47)12-6-4-5-7-13-32(48)40-16-9-8-11-30(38(57)58)42-34(50)26-41-33(49)14-10-17-43-18-20-44(27-35(51)52)22-24-46(29-37(55)56)25-23-45(21-19-43)28-36(53)54/h30H,2-29H2,1H3,(H,39,47)(H,40,48)(H,41,49)(H,42,50)(H,51,52)(H,53,54)(H,55,56)(H,57,58). The summed E-state index contributed by atoms with van der Waals surface area (Å²) in [4.78, 5) is 102. The van der Waals surface area contributed by atoms with Crippen LogP contribution in [-0.4, -0.2) is 192 Å². The molecule has 0 aromatic rings. The van der Waals surface area contributed by atoms with E-state index >= 15 is 0 Å². The zero-order chi connectivity index (χ0) is 43.1. The first kappa shape index (κ1) is 51.6. The molecule has 1 heterocycles. The Balaban J connectivity index is 2.43. The fourth-order valence-electron chi connectivity index (χ4n) is 6.29. The van der Waals surface area contributed by atoms with Gasteiger partial charge in [-0.1, -0.05) is 26.2 Å². The molecule has 0 bridgehead atoms. The minimum absolute atomic E-state index is 0.0532. The SMILES string of the molecule is CCCCNC(=O)CCCCCCC(=O)NCCCCC(NC(=O)CNC(=O)CCCN1CCN(CC(=O)O)CCN(CC(=O)O)CCN(CC(=O)O)CC1)C(=O)O. The Morgan fingerprint density at radius 2 is 0.897 bits per heavy atom. The second-order valence-corrected chi connectivity index (χ2v) is 14.7. The molecule has 0 spiro atoms. The van der Waals surface area contributed by atoms with Crippen LogP contribution in [0.5, 0.6) is 0 Å². The van der Waals surface area contributed by atoms with Crippen LogP contribution < -0.4 is 21.3 Å². The van der Waals surface area contributed by atoms with E-state index in [0.717, 1.165) is 32.1 Å². The van der Waals surface area contributed by atoms with E-state index in [1.807, 2.05) is 4.90 Å². The van der Waals surface area contributed by atoms with Crippen molar-refractivity contribution in [2.45, 2.75) is 96.4 Å². The van der Waals surface area contributed by atoms with Gasteiger partial charge in [0.1, 0.15) is 6.04 Å². The molecule has 0 aliphatic carbocycles. The molecule has 58 heavy (non-hydrogen) atoms. The molecule has 8 N–H and O–H groups in total. The highest BCUT2D eigenvalue weighted by Gasteiger charge is 2.22. The number of hydrogen-bond donors (Lipinski definition) is 8. The van der Waals surface area contributed by atoms with E-state index in [-0.39, 0.29) is 57.4 Å². The van der Waals surface area contributed by atoms with Gasteiger partial charge in [0.2, 0.25) is 23.6 Å². The van der Waals surface area contributed by atoms with Gasteiger partial charge in [0.15, 0.2) is 0 Å². The van der Waals surface area contributed by atoms with Gasteiger partial charge in [0.05, 0.1) is 26.2 Å². The minimum atomic E-state index is -1.21. The summed E-state index contributed by atoms with van der Waals surface area (Å²) in [5.74, 6) is -5.41. The number of nitrogens with one attached hydrogen (secondary N) is 4. The maximum atomic E-state index is 12.6. The lowest BCUT2D eigenvalue weighted by Gasteiger charge is -2.33. The van der Waals surface area contributed by atoms with E-state index in [0.29, 0.717) is 97.4 Å². The summed E-state index contributed by atoms with van der Waals surface area (Å²) in [7, 11) is 0. The zero-order valence-corrected chi connectivity index (χ0v) is 34.2. The average Bonchev–Trinajstić information content (AvgIpc) is 3.14. The molecule has 332 valence electrons. The van der Waals surface area contributed by atoms with Crippen LogP contribution in [0, 0.1) is 0 Å². The molecule has 1 fully saturated rings. The fraction of sp³-hybridized carbons (Fsp3) is 0.789. The van der Waals surface area contributed by atoms with E-state index in [9.17, 15) is 58.8 Å². The molecule has 1 saturated heterocycles. The Morgan fingerprint density at radius 1 is 0.483 bits per heavy atom. The van der Waals surface area contributed by atoms with E-state index in [1.54, 1.807) is 14.7 Å². The number of hydrogen-bond acceptors (Lipinski definition) is 12. The molecule has 1 atom stereocenters. The van der Waals surface area contributed by atoms with E-state index in [1.165, 1.54) is 0 Å². The Kier molecular flexibility index (Phi) is 28.1. The van der Waals surface area contributed by atoms with Crippen molar-refractivity contribution < 1.29 is 58.8 Å². The zero-order valence-electron chi connectivity index (χ0n) is 34.2. The van der Waals surface area contributed by atoms with E-state index in [2.05, 4.69) is 28.2 Å². The van der Waals surface area contributed by atoms with Crippen LogP contribution in [0.15, 0.2) is 0 Å². The molecule has 0 aromatic carbocycles. The third-order valence-electron chi connectivity index (χ3n) is 9.62. The molecular weight excluding hydrogens is 760 g/mol. The highest BCUT2D eigenvalue weighted by Crippen LogP contribution is 2.07. The molecule has 0 radical (unpaired) electrons. The Hall–Kier alpha value is -4.40. The number of rotatable bonds is 29. The van der Waals surface area contributed by atoms with Crippen molar-refractivity contribution in [2.75, 3.05) is 98.2 Å². The number of amides is 4. The third-order valence-corrected chi connectivity index (χ3v) is 9.62. The Morgan fingerprint density at radius 3 is 1.33 bits per heavy atom. The maximum absolute atomic E-state index is 12.6. The second-order valence-electron chi connectivity index (χ2n) is 14.7. The summed E-state index contributed by atoms with van der Waals surface area (Å²) in [5, 5.41) is 48.4. The molecule has 0 aromatic heterocycles. The number of carboxylic acid groups (broad SMARTS) is 4. The summed E-state index contributed by atoms with van der Waals surface area (Å²) < 4.78 is 0. The molecule has 20 nitrogen and oxygen atoms in total. The molecule has 0 saturated carbocycles. The highest BCUT2D eigenvalue weighted by atomic mass is 16.4. The topological polar surface area (TPSA) is 279 Å². The van der Waals surface area contributed by atoms with Gasteiger partial charge in [0, 0.05) is 84.7 Å². The largest absolute Gasteiger partial charge is 0.480 e. The first-order valence-corrected chi connectivity index (χ1v) is 20.6. The van der Waals surface area contributed by atoms with Gasteiger partial charge in [0.25, 0.3) is 0 Å². The van der Waals surface area contributed by atoms with Crippen LogP contribution in [0.2, 0.25) is 0 Å². The quantitative estimate of drug-likeness (QED) is 0.0440. The molecule has 1 aliphatic rings.